The smallest absolute Gasteiger partial charge is 0.274 e. The fraction of sp³-hybridized carbons (Fsp3) is 0.190. The first-order chi connectivity index (χ1) is 13.7. The Bertz CT molecular complexity index is 1010. The number of aromatic nitrogens is 2. The molecule has 0 aliphatic carbocycles. The van der Waals surface area contributed by atoms with Crippen LogP contribution in [0.4, 0.5) is 11.4 Å². The maximum atomic E-state index is 12.8. The summed E-state index contributed by atoms with van der Waals surface area (Å²) < 4.78 is 7.18. The molecule has 2 heterocycles. The maximum absolute atomic E-state index is 12.8. The molecule has 0 saturated carbocycles. The first kappa shape index (κ1) is 17.8. The van der Waals surface area contributed by atoms with E-state index in [4.69, 9.17) is 4.74 Å². The normalized spacial score (nSPS) is 13.6. The molecule has 0 atom stereocenters. The zero-order chi connectivity index (χ0) is 19.5. The van der Waals surface area contributed by atoms with Crippen LogP contribution in [0.1, 0.15) is 23.3 Å². The van der Waals surface area contributed by atoms with Crippen molar-refractivity contribution in [1.29, 1.82) is 0 Å². The van der Waals surface area contributed by atoms with Gasteiger partial charge in [0.1, 0.15) is 11.4 Å². The molecule has 2 amide bonds. The molecule has 28 heavy (non-hydrogen) atoms. The largest absolute Gasteiger partial charge is 0.494 e. The number of methoxy groups -OCH3 is 1. The van der Waals surface area contributed by atoms with Gasteiger partial charge in [-0.05, 0) is 30.7 Å². The van der Waals surface area contributed by atoms with Gasteiger partial charge in [0.2, 0.25) is 5.91 Å². The van der Waals surface area contributed by atoms with Gasteiger partial charge in [-0.1, -0.05) is 18.2 Å². The van der Waals surface area contributed by atoms with Crippen molar-refractivity contribution < 1.29 is 14.3 Å². The van der Waals surface area contributed by atoms with Crippen molar-refractivity contribution in [1.82, 2.24) is 9.55 Å². The van der Waals surface area contributed by atoms with Gasteiger partial charge in [0.15, 0.2) is 0 Å². The van der Waals surface area contributed by atoms with E-state index in [0.717, 1.165) is 17.8 Å². The van der Waals surface area contributed by atoms with E-state index >= 15 is 0 Å². The molecule has 1 saturated heterocycles. The van der Waals surface area contributed by atoms with Crippen molar-refractivity contribution in [3.63, 3.8) is 0 Å². The van der Waals surface area contributed by atoms with Gasteiger partial charge in [-0.25, -0.2) is 4.98 Å². The van der Waals surface area contributed by atoms with Crippen LogP contribution in [0.25, 0.3) is 5.69 Å². The molecule has 1 fully saturated rings. The molecule has 7 heteroatoms. The molecule has 0 unspecified atom stereocenters. The minimum absolute atomic E-state index is 0.0850. The topological polar surface area (TPSA) is 76.5 Å². The van der Waals surface area contributed by atoms with E-state index < -0.39 is 0 Å². The molecule has 0 radical (unpaired) electrons. The summed E-state index contributed by atoms with van der Waals surface area (Å²) in [6.07, 6.45) is 4.51. The SMILES string of the molecule is COc1cc(NC(=O)c2cncn2-c2ccccc2)ccc1N1CCCC1=O. The second-order valence-corrected chi connectivity index (χ2v) is 6.47. The summed E-state index contributed by atoms with van der Waals surface area (Å²) in [5, 5.41) is 2.87. The number of amides is 2. The molecule has 0 bridgehead atoms. The summed E-state index contributed by atoms with van der Waals surface area (Å²) in [5.41, 5.74) is 2.57. The van der Waals surface area contributed by atoms with E-state index in [9.17, 15) is 9.59 Å². The fourth-order valence-corrected chi connectivity index (χ4v) is 3.33. The van der Waals surface area contributed by atoms with Gasteiger partial charge in [-0.2, -0.15) is 0 Å². The standard InChI is InChI=1S/C21H20N4O3/c1-28-19-12-15(9-10-17(19)24-11-5-8-20(24)26)23-21(27)18-13-22-14-25(18)16-6-3-2-4-7-16/h2-4,6-7,9-10,12-14H,5,8,11H2,1H3,(H,23,27). The predicted octanol–water partition coefficient (Wildman–Crippen LogP) is 3.26. The lowest BCUT2D eigenvalue weighted by atomic mass is 10.2. The Kier molecular flexibility index (Phi) is 4.80. The molecule has 142 valence electrons. The Morgan fingerprint density at radius 2 is 2.00 bits per heavy atom. The molecule has 2 aromatic carbocycles. The molecule has 7 nitrogen and oxygen atoms in total. The molecule has 1 aliphatic heterocycles. The van der Waals surface area contributed by atoms with E-state index in [1.54, 1.807) is 41.1 Å². The van der Waals surface area contributed by atoms with Crippen LogP contribution in [-0.4, -0.2) is 35.0 Å². The van der Waals surface area contributed by atoms with Crippen LogP contribution < -0.4 is 15.0 Å². The molecule has 4 rings (SSSR count). The Morgan fingerprint density at radius 3 is 2.71 bits per heavy atom. The molecule has 0 spiro atoms. The van der Waals surface area contributed by atoms with Crippen LogP contribution in [-0.2, 0) is 4.79 Å². The summed E-state index contributed by atoms with van der Waals surface area (Å²) in [7, 11) is 1.55. The molecule has 3 aromatic rings. The Labute approximate surface area is 162 Å². The molecular weight excluding hydrogens is 356 g/mol. The number of carbonyl (C=O) groups excluding carboxylic acids is 2. The van der Waals surface area contributed by atoms with Gasteiger partial charge in [0.05, 0.1) is 25.3 Å². The average molecular weight is 376 g/mol. The Hall–Kier alpha value is -3.61. The van der Waals surface area contributed by atoms with E-state index in [0.29, 0.717) is 30.1 Å². The summed E-state index contributed by atoms with van der Waals surface area (Å²) >= 11 is 0. The minimum Gasteiger partial charge on any atom is -0.494 e. The highest BCUT2D eigenvalue weighted by molar-refractivity contribution is 6.04. The van der Waals surface area contributed by atoms with Gasteiger partial charge < -0.3 is 15.0 Å². The molecule has 1 aromatic heterocycles. The second kappa shape index (κ2) is 7.56. The Morgan fingerprint density at radius 1 is 1.18 bits per heavy atom. The van der Waals surface area contributed by atoms with Crippen molar-refractivity contribution >= 4 is 23.2 Å². The van der Waals surface area contributed by atoms with Crippen molar-refractivity contribution in [2.24, 2.45) is 0 Å². The molecule has 1 aliphatic rings. The first-order valence-corrected chi connectivity index (χ1v) is 9.05. The number of carbonyl (C=O) groups is 2. The highest BCUT2D eigenvalue weighted by Crippen LogP contribution is 2.34. The number of benzene rings is 2. The summed E-state index contributed by atoms with van der Waals surface area (Å²) in [5.74, 6) is 0.347. The average Bonchev–Trinajstić information content (AvgIpc) is 3.38. The first-order valence-electron chi connectivity index (χ1n) is 9.05. The summed E-state index contributed by atoms with van der Waals surface area (Å²) in [6, 6.07) is 14.8. The fourth-order valence-electron chi connectivity index (χ4n) is 3.33. The minimum atomic E-state index is -0.284. The number of ether oxygens (including phenoxy) is 1. The number of nitrogens with one attached hydrogen (secondary N) is 1. The Balaban J connectivity index is 1.58. The predicted molar refractivity (Wildman–Crippen MR) is 106 cm³/mol. The van der Waals surface area contributed by atoms with Crippen LogP contribution in [0.5, 0.6) is 5.75 Å². The van der Waals surface area contributed by atoms with Gasteiger partial charge >= 0.3 is 0 Å². The lowest BCUT2D eigenvalue weighted by molar-refractivity contribution is -0.117. The number of nitrogens with zero attached hydrogens (tertiary/aromatic N) is 3. The van der Waals surface area contributed by atoms with Gasteiger partial charge in [0.25, 0.3) is 5.91 Å². The summed E-state index contributed by atoms with van der Waals surface area (Å²) in [6.45, 7) is 0.678. The zero-order valence-corrected chi connectivity index (χ0v) is 15.5. The zero-order valence-electron chi connectivity index (χ0n) is 15.5. The van der Waals surface area contributed by atoms with E-state index in [1.807, 2.05) is 30.3 Å². The number of imidazole rings is 1. The third kappa shape index (κ3) is 3.34. The summed E-state index contributed by atoms with van der Waals surface area (Å²) in [4.78, 5) is 30.6. The van der Waals surface area contributed by atoms with Crippen LogP contribution >= 0.6 is 0 Å². The number of para-hydroxylation sites is 1. The highest BCUT2D eigenvalue weighted by Gasteiger charge is 2.24. The number of hydrogen-bond donors (Lipinski definition) is 1. The van der Waals surface area contributed by atoms with Crippen LogP contribution in [0.3, 0.4) is 0 Å². The third-order valence-electron chi connectivity index (χ3n) is 4.71. The van der Waals surface area contributed by atoms with Gasteiger partial charge in [-0.3, -0.25) is 14.2 Å². The van der Waals surface area contributed by atoms with E-state index in [1.165, 1.54) is 6.20 Å². The highest BCUT2D eigenvalue weighted by atomic mass is 16.5. The van der Waals surface area contributed by atoms with Crippen molar-refractivity contribution in [2.45, 2.75) is 12.8 Å². The third-order valence-corrected chi connectivity index (χ3v) is 4.71. The maximum Gasteiger partial charge on any atom is 0.274 e. The molecule has 1 N–H and O–H groups in total. The van der Waals surface area contributed by atoms with Crippen LogP contribution in [0.2, 0.25) is 0 Å². The van der Waals surface area contributed by atoms with E-state index in [-0.39, 0.29) is 11.8 Å². The van der Waals surface area contributed by atoms with Crippen LogP contribution in [0, 0.1) is 0 Å². The lowest BCUT2D eigenvalue weighted by Gasteiger charge is -2.19. The van der Waals surface area contributed by atoms with Crippen molar-refractivity contribution in [3.8, 4) is 11.4 Å². The van der Waals surface area contributed by atoms with Crippen LogP contribution in [0.15, 0.2) is 61.1 Å². The number of hydrogen-bond acceptors (Lipinski definition) is 4. The number of rotatable bonds is 5. The molecular formula is C21H20N4O3. The van der Waals surface area contributed by atoms with Gasteiger partial charge in [-0.15, -0.1) is 0 Å². The van der Waals surface area contributed by atoms with Crippen molar-refractivity contribution in [3.05, 3.63) is 66.7 Å². The van der Waals surface area contributed by atoms with Gasteiger partial charge in [0, 0.05) is 30.4 Å². The van der Waals surface area contributed by atoms with Crippen molar-refractivity contribution in [2.75, 3.05) is 23.9 Å². The van der Waals surface area contributed by atoms with E-state index in [2.05, 4.69) is 10.3 Å². The quantitative estimate of drug-likeness (QED) is 0.742. The number of anilines is 2. The monoisotopic (exact) mass is 376 g/mol. The second-order valence-electron chi connectivity index (χ2n) is 6.47. The lowest BCUT2D eigenvalue weighted by Crippen LogP contribution is -2.24.